The van der Waals surface area contributed by atoms with Crippen LogP contribution in [0, 0.1) is 6.92 Å². The summed E-state index contributed by atoms with van der Waals surface area (Å²) in [6, 6.07) is 3.80. The molecule has 0 saturated carbocycles. The van der Waals surface area contributed by atoms with Crippen LogP contribution in [0.15, 0.2) is 35.5 Å². The van der Waals surface area contributed by atoms with E-state index >= 15 is 0 Å². The van der Waals surface area contributed by atoms with E-state index in [1.807, 2.05) is 39.8 Å². The highest BCUT2D eigenvalue weighted by Crippen LogP contribution is 2.30. The van der Waals surface area contributed by atoms with Crippen LogP contribution >= 0.6 is 0 Å². The Bertz CT molecular complexity index is 1390. The molecular formula is C28H36N6O5. The van der Waals surface area contributed by atoms with Gasteiger partial charge in [-0.15, -0.1) is 0 Å². The van der Waals surface area contributed by atoms with Crippen molar-refractivity contribution in [3.8, 4) is 11.5 Å². The second-order valence-corrected chi connectivity index (χ2v) is 11.1. The third-order valence-corrected chi connectivity index (χ3v) is 6.92. The first kappa shape index (κ1) is 26.9. The normalized spacial score (nSPS) is 16.3. The number of ether oxygens (including phenoxy) is 3. The molecule has 2 aliphatic heterocycles. The molecule has 1 amide bonds. The first-order valence-electron chi connectivity index (χ1n) is 13.4. The molecule has 3 aromatic heterocycles. The van der Waals surface area contributed by atoms with Gasteiger partial charge in [0.25, 0.3) is 5.56 Å². The molecule has 208 valence electrons. The van der Waals surface area contributed by atoms with Crippen LogP contribution in [0.25, 0.3) is 11.2 Å². The molecule has 0 aliphatic carbocycles. The van der Waals surface area contributed by atoms with Gasteiger partial charge in [-0.05, 0) is 52.2 Å². The molecule has 1 fully saturated rings. The minimum atomic E-state index is -0.607. The van der Waals surface area contributed by atoms with Crippen LogP contribution in [0.2, 0.25) is 0 Å². The molecule has 3 aromatic rings. The highest BCUT2D eigenvalue weighted by atomic mass is 16.6. The maximum Gasteiger partial charge on any atom is 0.410 e. The number of carbonyl (C=O) groups is 1. The first-order chi connectivity index (χ1) is 18.7. The van der Waals surface area contributed by atoms with Gasteiger partial charge in [-0.1, -0.05) is 0 Å². The predicted octanol–water partition coefficient (Wildman–Crippen LogP) is 3.17. The maximum atomic E-state index is 13.3. The molecule has 39 heavy (non-hydrogen) atoms. The summed E-state index contributed by atoms with van der Waals surface area (Å²) in [5.41, 5.74) is 2.29. The first-order valence-corrected chi connectivity index (χ1v) is 13.4. The van der Waals surface area contributed by atoms with Crippen LogP contribution in [-0.4, -0.2) is 79.9 Å². The van der Waals surface area contributed by atoms with Gasteiger partial charge in [0.05, 0.1) is 30.1 Å². The molecule has 0 aromatic carbocycles. The number of nitrogens with zero attached hydrogens (tertiary/aromatic N) is 6. The highest BCUT2D eigenvalue weighted by Gasteiger charge is 2.32. The summed E-state index contributed by atoms with van der Waals surface area (Å²) in [6.45, 7) is 11.7. The van der Waals surface area contributed by atoms with Gasteiger partial charge in [0, 0.05) is 44.5 Å². The second kappa shape index (κ2) is 11.2. The molecule has 0 atom stereocenters. The van der Waals surface area contributed by atoms with E-state index < -0.39 is 5.60 Å². The minimum Gasteiger partial charge on any atom is -0.486 e. The van der Waals surface area contributed by atoms with E-state index in [1.165, 1.54) is 6.20 Å². The Hall–Kier alpha value is -3.73. The van der Waals surface area contributed by atoms with E-state index in [-0.39, 0.29) is 17.7 Å². The van der Waals surface area contributed by atoms with E-state index in [9.17, 15) is 9.59 Å². The predicted molar refractivity (Wildman–Crippen MR) is 145 cm³/mol. The number of piperidine rings is 1. The number of fused-ring (bicyclic) bond motifs is 2. The summed E-state index contributed by atoms with van der Waals surface area (Å²) >= 11 is 0. The Morgan fingerprint density at radius 3 is 2.49 bits per heavy atom. The minimum absolute atomic E-state index is 0.00225. The number of pyridine rings is 2. The summed E-state index contributed by atoms with van der Waals surface area (Å²) < 4.78 is 18.8. The van der Waals surface area contributed by atoms with Crippen LogP contribution < -0.4 is 15.0 Å². The largest absolute Gasteiger partial charge is 0.486 e. The smallest absolute Gasteiger partial charge is 0.410 e. The second-order valence-electron chi connectivity index (χ2n) is 11.1. The number of hydrogen-bond donors (Lipinski definition) is 0. The van der Waals surface area contributed by atoms with Gasteiger partial charge in [-0.2, -0.15) is 0 Å². The van der Waals surface area contributed by atoms with Gasteiger partial charge in [0.15, 0.2) is 17.1 Å². The fraction of sp³-hybridized carbons (Fsp3) is 0.536. The third kappa shape index (κ3) is 6.47. The zero-order chi connectivity index (χ0) is 27.6. The number of likely N-dealkylation sites (tertiary alicyclic amines) is 1. The lowest BCUT2D eigenvalue weighted by atomic mass is 10.0. The van der Waals surface area contributed by atoms with E-state index in [4.69, 9.17) is 14.2 Å². The van der Waals surface area contributed by atoms with Crippen molar-refractivity contribution in [2.45, 2.75) is 65.3 Å². The molecule has 0 N–H and O–H groups in total. The van der Waals surface area contributed by atoms with Crippen molar-refractivity contribution in [3.63, 3.8) is 0 Å². The van der Waals surface area contributed by atoms with Crippen molar-refractivity contribution in [2.75, 3.05) is 32.8 Å². The molecule has 1 saturated heterocycles. The molecule has 0 radical (unpaired) electrons. The van der Waals surface area contributed by atoms with E-state index in [0.29, 0.717) is 43.4 Å². The van der Waals surface area contributed by atoms with Gasteiger partial charge in [-0.25, -0.2) is 14.8 Å². The van der Waals surface area contributed by atoms with Crippen molar-refractivity contribution in [1.82, 2.24) is 29.3 Å². The highest BCUT2D eigenvalue weighted by molar-refractivity contribution is 5.70. The standard InChI is InChI=1S/C28H36N6O5/c1-19-13-22-26(30-15-19)31-17-25(35)33(22)10-9-32-7-5-21(6-8-32)34(27(36)39-28(2,3)4)18-20-14-23-24(16-29-20)38-12-11-37-23/h13-17,21H,5-12,18H2,1-4H3. The number of rotatable bonds is 6. The monoisotopic (exact) mass is 536 g/mol. The average molecular weight is 537 g/mol. The average Bonchev–Trinajstić information content (AvgIpc) is 2.90. The van der Waals surface area contributed by atoms with Crippen LogP contribution in [0.1, 0.15) is 44.9 Å². The molecule has 0 bridgehead atoms. The number of amides is 1. The summed E-state index contributed by atoms with van der Waals surface area (Å²) in [4.78, 5) is 43.0. The van der Waals surface area contributed by atoms with Crippen molar-refractivity contribution in [3.05, 3.63) is 52.3 Å². The van der Waals surface area contributed by atoms with Gasteiger partial charge in [-0.3, -0.25) is 14.7 Å². The molecule has 11 heteroatoms. The van der Waals surface area contributed by atoms with Crippen molar-refractivity contribution in [2.24, 2.45) is 0 Å². The molecule has 0 unspecified atom stereocenters. The quantitative estimate of drug-likeness (QED) is 0.469. The third-order valence-electron chi connectivity index (χ3n) is 6.92. The lowest BCUT2D eigenvalue weighted by molar-refractivity contribution is 0.00529. The number of carbonyl (C=O) groups excluding carboxylic acids is 1. The Morgan fingerprint density at radius 2 is 1.74 bits per heavy atom. The van der Waals surface area contributed by atoms with Crippen molar-refractivity contribution < 1.29 is 19.0 Å². The molecular weight excluding hydrogens is 500 g/mol. The van der Waals surface area contributed by atoms with E-state index in [2.05, 4.69) is 19.9 Å². The summed E-state index contributed by atoms with van der Waals surface area (Å²) in [5.74, 6) is 1.27. The van der Waals surface area contributed by atoms with Crippen LogP contribution in [0.4, 0.5) is 4.79 Å². The summed E-state index contributed by atoms with van der Waals surface area (Å²) in [7, 11) is 0. The summed E-state index contributed by atoms with van der Waals surface area (Å²) in [5, 5.41) is 0. The Morgan fingerprint density at radius 1 is 1.03 bits per heavy atom. The molecule has 5 rings (SSSR count). The van der Waals surface area contributed by atoms with Crippen molar-refractivity contribution >= 4 is 17.3 Å². The Labute approximate surface area is 227 Å². The molecule has 0 spiro atoms. The van der Waals surface area contributed by atoms with Crippen molar-refractivity contribution in [1.29, 1.82) is 0 Å². The van der Waals surface area contributed by atoms with Crippen LogP contribution in [-0.2, 0) is 17.8 Å². The van der Waals surface area contributed by atoms with Crippen LogP contribution in [0.5, 0.6) is 11.5 Å². The number of aromatic nitrogens is 4. The van der Waals surface area contributed by atoms with E-state index in [0.717, 1.165) is 49.2 Å². The fourth-order valence-electron chi connectivity index (χ4n) is 4.99. The number of aryl methyl sites for hydroxylation is 1. The zero-order valence-electron chi connectivity index (χ0n) is 23.1. The Kier molecular flexibility index (Phi) is 7.69. The Balaban J connectivity index is 1.26. The number of hydrogen-bond acceptors (Lipinski definition) is 9. The lowest BCUT2D eigenvalue weighted by Gasteiger charge is -2.39. The van der Waals surface area contributed by atoms with Gasteiger partial charge in [0.1, 0.15) is 18.8 Å². The SMILES string of the molecule is Cc1cnc2ncc(=O)n(CCN3CCC(N(Cc4cc5c(cn4)OCCO5)C(=O)OC(C)(C)C)CC3)c2c1. The van der Waals surface area contributed by atoms with Gasteiger partial charge in [0.2, 0.25) is 0 Å². The molecule has 2 aliphatic rings. The summed E-state index contributed by atoms with van der Waals surface area (Å²) in [6.07, 6.45) is 5.97. The van der Waals surface area contributed by atoms with Gasteiger partial charge >= 0.3 is 6.09 Å². The fourth-order valence-corrected chi connectivity index (χ4v) is 4.99. The zero-order valence-corrected chi connectivity index (χ0v) is 23.1. The maximum absolute atomic E-state index is 13.3. The molecule has 5 heterocycles. The van der Waals surface area contributed by atoms with Crippen LogP contribution in [0.3, 0.4) is 0 Å². The van der Waals surface area contributed by atoms with E-state index in [1.54, 1.807) is 21.9 Å². The lowest BCUT2D eigenvalue weighted by Crippen LogP contribution is -2.49. The van der Waals surface area contributed by atoms with Gasteiger partial charge < -0.3 is 23.7 Å². The molecule has 11 nitrogen and oxygen atoms in total. The topological polar surface area (TPSA) is 112 Å².